The fourth-order valence-electron chi connectivity index (χ4n) is 3.19. The Balaban J connectivity index is 2.02. The van der Waals surface area contributed by atoms with Crippen LogP contribution in [0.5, 0.6) is 0 Å². The average Bonchev–Trinajstić information content (AvgIpc) is 2.67. The van der Waals surface area contributed by atoms with Crippen molar-refractivity contribution < 1.29 is 13.2 Å². The highest BCUT2D eigenvalue weighted by Gasteiger charge is 2.37. The zero-order valence-corrected chi connectivity index (χ0v) is 14.6. The third-order valence-electron chi connectivity index (χ3n) is 4.80. The maximum absolute atomic E-state index is 13.1. The number of hydrogen-bond donors (Lipinski definition) is 1. The molecule has 0 radical (unpaired) electrons. The molecular formula is C20H14F3N3O2. The van der Waals surface area contributed by atoms with Crippen LogP contribution in [0.4, 0.5) is 13.2 Å². The molecule has 4 rings (SSSR count). The van der Waals surface area contributed by atoms with Gasteiger partial charge in [-0.3, -0.25) is 9.78 Å². The molecule has 0 aliphatic carbocycles. The van der Waals surface area contributed by atoms with Crippen molar-refractivity contribution in [3.63, 3.8) is 0 Å². The van der Waals surface area contributed by atoms with Gasteiger partial charge < -0.3 is 4.98 Å². The molecule has 0 fully saturated rings. The van der Waals surface area contributed by atoms with E-state index in [-0.39, 0.29) is 22.2 Å². The summed E-state index contributed by atoms with van der Waals surface area (Å²) in [4.78, 5) is 32.3. The van der Waals surface area contributed by atoms with Crippen molar-refractivity contribution >= 4 is 21.7 Å². The van der Waals surface area contributed by atoms with Crippen LogP contribution in [0.3, 0.4) is 0 Å². The van der Waals surface area contributed by atoms with Crippen molar-refractivity contribution in [2.24, 2.45) is 0 Å². The number of aromatic amines is 1. The van der Waals surface area contributed by atoms with Gasteiger partial charge in [-0.05, 0) is 24.6 Å². The van der Waals surface area contributed by atoms with Crippen LogP contribution in [0.15, 0.2) is 64.4 Å². The van der Waals surface area contributed by atoms with E-state index in [1.807, 2.05) is 0 Å². The standard InChI is InChI=1S/C20H14F3N3O2/c1-11(20(21,22)23)12-6-7-16-15(8-12)18(27)26(19(28)25-16)17-10-24-9-13-4-2-3-5-14(13)17/h2-11H,1H3,(H,25,28)/t11-/m0/s1. The maximum Gasteiger partial charge on any atom is 0.395 e. The Hall–Kier alpha value is -3.42. The minimum Gasteiger partial charge on any atom is -0.306 e. The maximum atomic E-state index is 13.1. The van der Waals surface area contributed by atoms with Crippen LogP contribution in [-0.4, -0.2) is 20.7 Å². The lowest BCUT2D eigenvalue weighted by atomic mass is 9.99. The van der Waals surface area contributed by atoms with E-state index in [0.29, 0.717) is 5.39 Å². The Morgan fingerprint density at radius 1 is 1.04 bits per heavy atom. The largest absolute Gasteiger partial charge is 0.395 e. The van der Waals surface area contributed by atoms with Crippen LogP contribution in [0.2, 0.25) is 0 Å². The van der Waals surface area contributed by atoms with Gasteiger partial charge in [0.05, 0.1) is 28.7 Å². The van der Waals surface area contributed by atoms with Crippen LogP contribution in [0.1, 0.15) is 18.4 Å². The first-order chi connectivity index (χ1) is 13.3. The predicted octanol–water partition coefficient (Wildman–Crippen LogP) is 3.89. The number of hydrogen-bond acceptors (Lipinski definition) is 3. The Bertz CT molecular complexity index is 1320. The number of halogens is 3. The van der Waals surface area contributed by atoms with E-state index in [1.165, 1.54) is 24.4 Å². The van der Waals surface area contributed by atoms with Gasteiger partial charge in [-0.1, -0.05) is 30.3 Å². The fourth-order valence-corrected chi connectivity index (χ4v) is 3.19. The number of rotatable bonds is 2. The zero-order chi connectivity index (χ0) is 20.1. The monoisotopic (exact) mass is 385 g/mol. The van der Waals surface area contributed by atoms with Crippen molar-refractivity contribution in [1.29, 1.82) is 0 Å². The number of alkyl halides is 3. The highest BCUT2D eigenvalue weighted by molar-refractivity contribution is 5.89. The summed E-state index contributed by atoms with van der Waals surface area (Å²) >= 11 is 0. The van der Waals surface area contributed by atoms with Gasteiger partial charge in [0.2, 0.25) is 0 Å². The summed E-state index contributed by atoms with van der Waals surface area (Å²) in [6.45, 7) is 1.03. The summed E-state index contributed by atoms with van der Waals surface area (Å²) in [7, 11) is 0. The Morgan fingerprint density at radius 3 is 2.54 bits per heavy atom. The average molecular weight is 385 g/mol. The van der Waals surface area contributed by atoms with Gasteiger partial charge in [0.25, 0.3) is 5.56 Å². The van der Waals surface area contributed by atoms with E-state index in [4.69, 9.17) is 0 Å². The lowest BCUT2D eigenvalue weighted by Gasteiger charge is -2.16. The van der Waals surface area contributed by atoms with Gasteiger partial charge in [0, 0.05) is 17.0 Å². The van der Waals surface area contributed by atoms with Crippen molar-refractivity contribution in [2.45, 2.75) is 19.0 Å². The molecule has 2 aromatic heterocycles. The number of nitrogens with zero attached hydrogens (tertiary/aromatic N) is 2. The van der Waals surface area contributed by atoms with Crippen molar-refractivity contribution in [3.05, 3.63) is 81.3 Å². The van der Waals surface area contributed by atoms with Crippen LogP contribution >= 0.6 is 0 Å². The van der Waals surface area contributed by atoms with Crippen LogP contribution < -0.4 is 11.2 Å². The van der Waals surface area contributed by atoms with Crippen LogP contribution in [0.25, 0.3) is 27.4 Å². The minimum absolute atomic E-state index is 0.00105. The number of H-pyrrole nitrogens is 1. The molecule has 1 N–H and O–H groups in total. The second-order valence-electron chi connectivity index (χ2n) is 6.52. The normalized spacial score (nSPS) is 13.1. The van der Waals surface area contributed by atoms with Gasteiger partial charge in [0.15, 0.2) is 0 Å². The van der Waals surface area contributed by atoms with E-state index in [9.17, 15) is 22.8 Å². The summed E-state index contributed by atoms with van der Waals surface area (Å²) in [6, 6.07) is 10.9. The van der Waals surface area contributed by atoms with Gasteiger partial charge in [-0.2, -0.15) is 13.2 Å². The van der Waals surface area contributed by atoms with Crippen molar-refractivity contribution in [3.8, 4) is 5.69 Å². The highest BCUT2D eigenvalue weighted by atomic mass is 19.4. The smallest absolute Gasteiger partial charge is 0.306 e. The molecule has 0 bridgehead atoms. The Morgan fingerprint density at radius 2 is 1.79 bits per heavy atom. The summed E-state index contributed by atoms with van der Waals surface area (Å²) < 4.78 is 40.1. The first kappa shape index (κ1) is 18.0. The molecule has 5 nitrogen and oxygen atoms in total. The van der Waals surface area contributed by atoms with E-state index in [2.05, 4.69) is 9.97 Å². The molecule has 4 aromatic rings. The first-order valence-electron chi connectivity index (χ1n) is 8.46. The van der Waals surface area contributed by atoms with Crippen LogP contribution in [-0.2, 0) is 0 Å². The second kappa shape index (κ2) is 6.33. The summed E-state index contributed by atoms with van der Waals surface area (Å²) in [5, 5.41) is 1.36. The molecular weight excluding hydrogens is 371 g/mol. The SMILES string of the molecule is C[C@@H](c1ccc2[nH]c(=O)n(-c3cncc4ccccc34)c(=O)c2c1)C(F)(F)F. The minimum atomic E-state index is -4.44. The van der Waals surface area contributed by atoms with Crippen molar-refractivity contribution in [2.75, 3.05) is 0 Å². The molecule has 0 aliphatic rings. The van der Waals surface area contributed by atoms with E-state index >= 15 is 0 Å². The van der Waals surface area contributed by atoms with E-state index in [0.717, 1.165) is 16.9 Å². The number of benzene rings is 2. The first-order valence-corrected chi connectivity index (χ1v) is 8.46. The third kappa shape index (κ3) is 2.87. The lowest BCUT2D eigenvalue weighted by Crippen LogP contribution is -2.34. The molecule has 0 saturated carbocycles. The Kier molecular flexibility index (Phi) is 4.06. The molecule has 0 unspecified atom stereocenters. The number of aromatic nitrogens is 3. The molecule has 0 amide bonds. The quantitative estimate of drug-likeness (QED) is 0.569. The third-order valence-corrected chi connectivity index (χ3v) is 4.80. The fraction of sp³-hybridized carbons (Fsp3) is 0.150. The Labute approximate surface area is 156 Å². The molecule has 8 heteroatoms. The zero-order valence-electron chi connectivity index (χ0n) is 14.6. The van der Waals surface area contributed by atoms with E-state index in [1.54, 1.807) is 30.5 Å². The molecule has 1 atom stereocenters. The molecule has 2 aromatic carbocycles. The molecule has 0 aliphatic heterocycles. The molecule has 2 heterocycles. The molecule has 28 heavy (non-hydrogen) atoms. The number of nitrogens with one attached hydrogen (secondary N) is 1. The molecule has 0 spiro atoms. The molecule has 0 saturated heterocycles. The van der Waals surface area contributed by atoms with Gasteiger partial charge in [-0.25, -0.2) is 9.36 Å². The van der Waals surface area contributed by atoms with Gasteiger partial charge >= 0.3 is 11.9 Å². The number of pyridine rings is 1. The highest BCUT2D eigenvalue weighted by Crippen LogP contribution is 2.34. The van der Waals surface area contributed by atoms with Crippen molar-refractivity contribution in [1.82, 2.24) is 14.5 Å². The topological polar surface area (TPSA) is 67.8 Å². The number of fused-ring (bicyclic) bond motifs is 2. The van der Waals surface area contributed by atoms with Crippen LogP contribution in [0, 0.1) is 0 Å². The lowest BCUT2D eigenvalue weighted by molar-refractivity contribution is -0.146. The second-order valence-corrected chi connectivity index (χ2v) is 6.52. The van der Waals surface area contributed by atoms with Gasteiger partial charge in [0.1, 0.15) is 0 Å². The van der Waals surface area contributed by atoms with E-state index < -0.39 is 23.3 Å². The molecule has 142 valence electrons. The summed E-state index contributed by atoms with van der Waals surface area (Å²) in [6.07, 6.45) is -1.45. The summed E-state index contributed by atoms with van der Waals surface area (Å²) in [5.41, 5.74) is -0.995. The summed E-state index contributed by atoms with van der Waals surface area (Å²) in [5.74, 6) is -1.74. The van der Waals surface area contributed by atoms with Gasteiger partial charge in [-0.15, -0.1) is 0 Å². The predicted molar refractivity (Wildman–Crippen MR) is 99.9 cm³/mol.